The predicted molar refractivity (Wildman–Crippen MR) is 134 cm³/mol. The molecule has 1 heterocycles. The van der Waals surface area contributed by atoms with Gasteiger partial charge in [-0.05, 0) is 42.5 Å². The van der Waals surface area contributed by atoms with E-state index in [-0.39, 0.29) is 24.2 Å². The molecule has 2 N–H and O–H groups in total. The van der Waals surface area contributed by atoms with E-state index in [9.17, 15) is 14.0 Å². The van der Waals surface area contributed by atoms with Gasteiger partial charge in [0.25, 0.3) is 5.91 Å². The molecule has 0 spiro atoms. The quantitative estimate of drug-likeness (QED) is 0.386. The minimum Gasteiger partial charge on any atom is -0.337 e. The second-order valence-corrected chi connectivity index (χ2v) is 7.98. The maximum atomic E-state index is 14.0. The molecule has 0 saturated carbocycles. The van der Waals surface area contributed by atoms with Crippen molar-refractivity contribution in [3.8, 4) is 11.3 Å². The van der Waals surface area contributed by atoms with Crippen LogP contribution in [0.3, 0.4) is 0 Å². The molecule has 0 bridgehead atoms. The molecule has 0 unspecified atom stereocenters. The van der Waals surface area contributed by atoms with Gasteiger partial charge in [0.05, 0.1) is 5.69 Å². The maximum absolute atomic E-state index is 14.0. The molecule has 0 fully saturated rings. The molecule has 4 aromatic rings. The Morgan fingerprint density at radius 2 is 1.71 bits per heavy atom. The Labute approximate surface area is 202 Å². The van der Waals surface area contributed by atoms with E-state index in [0.29, 0.717) is 34.1 Å². The van der Waals surface area contributed by atoms with Crippen molar-refractivity contribution in [2.24, 2.45) is 0 Å². The summed E-state index contributed by atoms with van der Waals surface area (Å²) in [6.45, 7) is 1.62. The SMILES string of the molecule is CC(=O)Nc1ccc(-c2ccnc(Nc3cccc(C(=O)N(C)Cc4ccccc4F)c3)n2)cc1. The smallest absolute Gasteiger partial charge is 0.253 e. The van der Waals surface area contributed by atoms with Crippen molar-refractivity contribution in [1.82, 2.24) is 14.9 Å². The van der Waals surface area contributed by atoms with Crippen molar-refractivity contribution in [2.45, 2.75) is 13.5 Å². The van der Waals surface area contributed by atoms with Crippen LogP contribution < -0.4 is 10.6 Å². The van der Waals surface area contributed by atoms with Gasteiger partial charge in [0.2, 0.25) is 11.9 Å². The molecular formula is C27H24FN5O2. The Kier molecular flexibility index (Phi) is 7.11. The number of anilines is 3. The van der Waals surface area contributed by atoms with Crippen LogP contribution in [0.2, 0.25) is 0 Å². The zero-order valence-corrected chi connectivity index (χ0v) is 19.3. The van der Waals surface area contributed by atoms with E-state index >= 15 is 0 Å². The lowest BCUT2D eigenvalue weighted by atomic mass is 10.1. The van der Waals surface area contributed by atoms with Gasteiger partial charge in [0.1, 0.15) is 5.82 Å². The second kappa shape index (κ2) is 10.6. The first-order valence-corrected chi connectivity index (χ1v) is 11.0. The first-order chi connectivity index (χ1) is 16.9. The van der Waals surface area contributed by atoms with Crippen molar-refractivity contribution in [2.75, 3.05) is 17.7 Å². The highest BCUT2D eigenvalue weighted by atomic mass is 19.1. The van der Waals surface area contributed by atoms with Gasteiger partial charge in [0, 0.05) is 54.8 Å². The average Bonchev–Trinajstić information content (AvgIpc) is 2.85. The van der Waals surface area contributed by atoms with Gasteiger partial charge in [-0.2, -0.15) is 0 Å². The molecule has 8 heteroatoms. The zero-order valence-electron chi connectivity index (χ0n) is 19.3. The third kappa shape index (κ3) is 6.05. The average molecular weight is 470 g/mol. The second-order valence-electron chi connectivity index (χ2n) is 7.98. The van der Waals surface area contributed by atoms with Gasteiger partial charge < -0.3 is 15.5 Å². The van der Waals surface area contributed by atoms with Gasteiger partial charge in [-0.3, -0.25) is 9.59 Å². The van der Waals surface area contributed by atoms with E-state index in [1.54, 1.807) is 67.8 Å². The maximum Gasteiger partial charge on any atom is 0.253 e. The van der Waals surface area contributed by atoms with Crippen molar-refractivity contribution < 1.29 is 14.0 Å². The van der Waals surface area contributed by atoms with E-state index in [0.717, 1.165) is 5.56 Å². The number of hydrogen-bond donors (Lipinski definition) is 2. The van der Waals surface area contributed by atoms with Crippen molar-refractivity contribution >= 4 is 29.1 Å². The van der Waals surface area contributed by atoms with Crippen LogP contribution in [-0.4, -0.2) is 33.7 Å². The molecule has 7 nitrogen and oxygen atoms in total. The minimum absolute atomic E-state index is 0.134. The lowest BCUT2D eigenvalue weighted by Gasteiger charge is -2.18. The lowest BCUT2D eigenvalue weighted by Crippen LogP contribution is -2.26. The van der Waals surface area contributed by atoms with E-state index in [2.05, 4.69) is 20.6 Å². The molecule has 0 aliphatic heterocycles. The van der Waals surface area contributed by atoms with Gasteiger partial charge in [-0.1, -0.05) is 36.4 Å². The van der Waals surface area contributed by atoms with Crippen molar-refractivity contribution in [1.29, 1.82) is 0 Å². The molecule has 1 aromatic heterocycles. The van der Waals surface area contributed by atoms with Crippen molar-refractivity contribution in [3.63, 3.8) is 0 Å². The molecule has 2 amide bonds. The third-order valence-electron chi connectivity index (χ3n) is 5.23. The first-order valence-electron chi connectivity index (χ1n) is 11.0. The molecule has 3 aromatic carbocycles. The van der Waals surface area contributed by atoms with Crippen LogP contribution in [0.4, 0.5) is 21.7 Å². The fourth-order valence-corrected chi connectivity index (χ4v) is 3.54. The van der Waals surface area contributed by atoms with Crippen molar-refractivity contribution in [3.05, 3.63) is 102 Å². The van der Waals surface area contributed by atoms with E-state index in [1.807, 2.05) is 18.2 Å². The van der Waals surface area contributed by atoms with Crippen LogP contribution in [-0.2, 0) is 11.3 Å². The minimum atomic E-state index is -0.343. The number of nitrogens with one attached hydrogen (secondary N) is 2. The molecule has 0 atom stereocenters. The van der Waals surface area contributed by atoms with Gasteiger partial charge in [0.15, 0.2) is 0 Å². The number of aromatic nitrogens is 2. The van der Waals surface area contributed by atoms with Crippen LogP contribution in [0.15, 0.2) is 85.1 Å². The molecule has 0 aliphatic rings. The number of carbonyl (C=O) groups excluding carboxylic acids is 2. The van der Waals surface area contributed by atoms with E-state index in [4.69, 9.17) is 0 Å². The van der Waals surface area contributed by atoms with Gasteiger partial charge >= 0.3 is 0 Å². The summed E-state index contributed by atoms with van der Waals surface area (Å²) in [5.74, 6) is -0.335. The lowest BCUT2D eigenvalue weighted by molar-refractivity contribution is -0.114. The summed E-state index contributed by atoms with van der Waals surface area (Å²) < 4.78 is 14.0. The molecule has 0 radical (unpaired) electrons. The number of carbonyl (C=O) groups is 2. The van der Waals surface area contributed by atoms with Crippen LogP contribution >= 0.6 is 0 Å². The Morgan fingerprint density at radius 3 is 2.46 bits per heavy atom. The van der Waals surface area contributed by atoms with Crippen LogP contribution in [0.1, 0.15) is 22.8 Å². The molecule has 4 rings (SSSR count). The monoisotopic (exact) mass is 469 g/mol. The molecular weight excluding hydrogens is 445 g/mol. The summed E-state index contributed by atoms with van der Waals surface area (Å²) in [5.41, 5.74) is 3.83. The zero-order chi connectivity index (χ0) is 24.8. The number of nitrogens with zero attached hydrogens (tertiary/aromatic N) is 3. The van der Waals surface area contributed by atoms with Gasteiger partial charge in [-0.25, -0.2) is 14.4 Å². The number of rotatable bonds is 7. The number of hydrogen-bond acceptors (Lipinski definition) is 5. The summed E-state index contributed by atoms with van der Waals surface area (Å²) in [6.07, 6.45) is 1.64. The standard InChI is InChI=1S/C27H24FN5O2/c1-18(34)30-22-12-10-19(11-13-22)25-14-15-29-27(32-25)31-23-8-5-7-20(16-23)26(35)33(2)17-21-6-3-4-9-24(21)28/h3-16H,17H2,1-2H3,(H,30,34)(H,29,31,32). The largest absolute Gasteiger partial charge is 0.337 e. The summed E-state index contributed by atoms with van der Waals surface area (Å²) in [6, 6.07) is 22.5. The molecule has 0 saturated heterocycles. The van der Waals surface area contributed by atoms with Crippen LogP contribution in [0.5, 0.6) is 0 Å². The fourth-order valence-electron chi connectivity index (χ4n) is 3.54. The van der Waals surface area contributed by atoms with Gasteiger partial charge in [-0.15, -0.1) is 0 Å². The summed E-state index contributed by atoms with van der Waals surface area (Å²) in [4.78, 5) is 34.4. The Bertz CT molecular complexity index is 1360. The number of amides is 2. The van der Waals surface area contributed by atoms with Crippen LogP contribution in [0.25, 0.3) is 11.3 Å². The van der Waals surface area contributed by atoms with E-state index < -0.39 is 0 Å². The molecule has 176 valence electrons. The highest BCUT2D eigenvalue weighted by Gasteiger charge is 2.14. The summed E-state index contributed by atoms with van der Waals surface area (Å²) in [5, 5.41) is 5.87. The number of halogens is 1. The molecule has 0 aliphatic carbocycles. The third-order valence-corrected chi connectivity index (χ3v) is 5.23. The highest BCUT2D eigenvalue weighted by Crippen LogP contribution is 2.22. The Balaban J connectivity index is 1.47. The number of benzene rings is 3. The summed E-state index contributed by atoms with van der Waals surface area (Å²) >= 11 is 0. The normalized spacial score (nSPS) is 10.5. The topological polar surface area (TPSA) is 87.2 Å². The Hall–Kier alpha value is -4.59. The Morgan fingerprint density at radius 1 is 0.943 bits per heavy atom. The van der Waals surface area contributed by atoms with E-state index in [1.165, 1.54) is 17.9 Å². The first kappa shape index (κ1) is 23.6. The highest BCUT2D eigenvalue weighted by molar-refractivity contribution is 5.95. The fraction of sp³-hybridized carbons (Fsp3) is 0.111. The predicted octanol–water partition coefficient (Wildman–Crippen LogP) is 5.26. The summed E-state index contributed by atoms with van der Waals surface area (Å²) in [7, 11) is 1.64. The molecule has 35 heavy (non-hydrogen) atoms. The van der Waals surface area contributed by atoms with Crippen LogP contribution in [0, 0.1) is 5.82 Å².